The molecule has 0 saturated heterocycles. The molecule has 1 amide bonds. The van der Waals surface area contributed by atoms with Gasteiger partial charge in [-0.1, -0.05) is 19.3 Å². The maximum Gasteiger partial charge on any atom is 0.329 e. The number of methoxy groups -OCH3 is 1. The molecule has 1 aliphatic carbocycles. The third kappa shape index (κ3) is 3.16. The van der Waals surface area contributed by atoms with Crippen molar-refractivity contribution in [3.8, 4) is 0 Å². The van der Waals surface area contributed by atoms with Crippen LogP contribution in [0.5, 0.6) is 0 Å². The number of nitrogens with one attached hydrogen (secondary N) is 1. The van der Waals surface area contributed by atoms with Gasteiger partial charge in [-0.25, -0.2) is 9.78 Å². The van der Waals surface area contributed by atoms with Crippen molar-refractivity contribution in [3.05, 3.63) is 16.1 Å². The topological polar surface area (TPSA) is 88.5 Å². The minimum absolute atomic E-state index is 0.258. The van der Waals surface area contributed by atoms with Crippen LogP contribution < -0.4 is 5.32 Å². The molecule has 6 nitrogen and oxygen atoms in total. The van der Waals surface area contributed by atoms with Gasteiger partial charge in [0.25, 0.3) is 5.91 Å². The lowest BCUT2D eigenvalue weighted by Gasteiger charge is -2.33. The second-order valence-electron chi connectivity index (χ2n) is 4.96. The van der Waals surface area contributed by atoms with Crippen LogP contribution in [-0.2, 0) is 16.1 Å². The van der Waals surface area contributed by atoms with Crippen LogP contribution in [0.3, 0.4) is 0 Å². The van der Waals surface area contributed by atoms with E-state index in [4.69, 9.17) is 4.74 Å². The average molecular weight is 298 g/mol. The number of rotatable bonds is 5. The molecule has 20 heavy (non-hydrogen) atoms. The second kappa shape index (κ2) is 6.32. The zero-order valence-electron chi connectivity index (χ0n) is 11.3. The summed E-state index contributed by atoms with van der Waals surface area (Å²) >= 11 is 1.33. The molecule has 0 bridgehead atoms. The third-order valence-electron chi connectivity index (χ3n) is 3.52. The Kier molecular flexibility index (Phi) is 4.72. The molecule has 1 aromatic rings. The fraction of sp³-hybridized carbons (Fsp3) is 0.615. The van der Waals surface area contributed by atoms with Gasteiger partial charge in [-0.05, 0) is 12.8 Å². The SMILES string of the molecule is COCc1nc(C(=O)NC2(C(=O)O)CCCCC2)cs1. The molecule has 1 aromatic heterocycles. The highest BCUT2D eigenvalue weighted by Gasteiger charge is 2.41. The third-order valence-corrected chi connectivity index (χ3v) is 4.34. The Morgan fingerprint density at radius 2 is 2.15 bits per heavy atom. The predicted molar refractivity (Wildman–Crippen MR) is 73.7 cm³/mol. The normalized spacial score (nSPS) is 17.6. The summed E-state index contributed by atoms with van der Waals surface area (Å²) in [6.45, 7) is 0.349. The van der Waals surface area contributed by atoms with Crippen molar-refractivity contribution >= 4 is 23.2 Å². The van der Waals surface area contributed by atoms with E-state index in [0.717, 1.165) is 19.3 Å². The lowest BCUT2D eigenvalue weighted by Crippen LogP contribution is -2.55. The van der Waals surface area contributed by atoms with E-state index in [-0.39, 0.29) is 5.69 Å². The van der Waals surface area contributed by atoms with Gasteiger partial charge in [0.2, 0.25) is 0 Å². The number of amides is 1. The Bertz CT molecular complexity index is 494. The molecule has 1 saturated carbocycles. The molecule has 1 aliphatic rings. The van der Waals surface area contributed by atoms with Crippen LogP contribution in [0.15, 0.2) is 5.38 Å². The number of carboxylic acids is 1. The first-order valence-corrected chi connectivity index (χ1v) is 7.44. The van der Waals surface area contributed by atoms with E-state index in [1.54, 1.807) is 12.5 Å². The number of thiazole rings is 1. The van der Waals surface area contributed by atoms with Gasteiger partial charge in [0.1, 0.15) is 16.2 Å². The largest absolute Gasteiger partial charge is 0.480 e. The molecule has 1 fully saturated rings. The number of aromatic nitrogens is 1. The van der Waals surface area contributed by atoms with Gasteiger partial charge in [-0.3, -0.25) is 4.79 Å². The Balaban J connectivity index is 2.09. The number of hydrogen-bond acceptors (Lipinski definition) is 5. The van der Waals surface area contributed by atoms with E-state index < -0.39 is 17.4 Å². The molecular weight excluding hydrogens is 280 g/mol. The maximum absolute atomic E-state index is 12.2. The first-order valence-electron chi connectivity index (χ1n) is 6.57. The number of aliphatic carboxylic acids is 1. The van der Waals surface area contributed by atoms with E-state index in [1.165, 1.54) is 11.3 Å². The number of carbonyl (C=O) groups is 2. The molecule has 0 spiro atoms. The fourth-order valence-electron chi connectivity index (χ4n) is 2.43. The Labute approximate surface area is 121 Å². The van der Waals surface area contributed by atoms with Gasteiger partial charge < -0.3 is 15.2 Å². The van der Waals surface area contributed by atoms with Gasteiger partial charge in [-0.2, -0.15) is 0 Å². The molecule has 7 heteroatoms. The van der Waals surface area contributed by atoms with Crippen molar-refractivity contribution in [1.29, 1.82) is 0 Å². The summed E-state index contributed by atoms with van der Waals surface area (Å²) in [6, 6.07) is 0. The van der Waals surface area contributed by atoms with Gasteiger partial charge in [0.15, 0.2) is 0 Å². The van der Waals surface area contributed by atoms with Crippen molar-refractivity contribution < 1.29 is 19.4 Å². The fourth-order valence-corrected chi connectivity index (χ4v) is 3.18. The molecule has 0 radical (unpaired) electrons. The lowest BCUT2D eigenvalue weighted by atomic mass is 9.81. The zero-order chi connectivity index (χ0) is 14.6. The van der Waals surface area contributed by atoms with Crippen molar-refractivity contribution in [2.45, 2.75) is 44.2 Å². The first-order chi connectivity index (χ1) is 9.57. The highest BCUT2D eigenvalue weighted by atomic mass is 32.1. The van der Waals surface area contributed by atoms with E-state index >= 15 is 0 Å². The van der Waals surface area contributed by atoms with Crippen LogP contribution in [-0.4, -0.2) is 34.6 Å². The summed E-state index contributed by atoms with van der Waals surface area (Å²) in [5, 5.41) is 14.4. The number of ether oxygens (including phenoxy) is 1. The van der Waals surface area contributed by atoms with Gasteiger partial charge >= 0.3 is 5.97 Å². The highest BCUT2D eigenvalue weighted by Crippen LogP contribution is 2.29. The summed E-state index contributed by atoms with van der Waals surface area (Å²) in [4.78, 5) is 27.8. The Morgan fingerprint density at radius 1 is 1.45 bits per heavy atom. The molecule has 2 rings (SSSR count). The number of carboxylic acid groups (broad SMARTS) is 1. The van der Waals surface area contributed by atoms with Crippen LogP contribution in [0.2, 0.25) is 0 Å². The van der Waals surface area contributed by atoms with Crippen LogP contribution in [0.25, 0.3) is 0 Å². The van der Waals surface area contributed by atoms with Crippen molar-refractivity contribution in [3.63, 3.8) is 0 Å². The minimum Gasteiger partial charge on any atom is -0.480 e. The van der Waals surface area contributed by atoms with Crippen molar-refractivity contribution in [2.75, 3.05) is 7.11 Å². The van der Waals surface area contributed by atoms with Crippen LogP contribution >= 0.6 is 11.3 Å². The van der Waals surface area contributed by atoms with E-state index in [1.807, 2.05) is 0 Å². The average Bonchev–Trinajstić information content (AvgIpc) is 2.89. The van der Waals surface area contributed by atoms with Crippen molar-refractivity contribution in [1.82, 2.24) is 10.3 Å². The molecular formula is C13H18N2O4S. The Hall–Kier alpha value is -1.47. The summed E-state index contributed by atoms with van der Waals surface area (Å²) < 4.78 is 4.95. The minimum atomic E-state index is -1.14. The lowest BCUT2D eigenvalue weighted by molar-refractivity contribution is -0.145. The van der Waals surface area contributed by atoms with Crippen LogP contribution in [0.4, 0.5) is 0 Å². The van der Waals surface area contributed by atoms with Crippen LogP contribution in [0, 0.1) is 0 Å². The molecule has 0 aromatic carbocycles. The summed E-state index contributed by atoms with van der Waals surface area (Å²) in [7, 11) is 1.56. The van der Waals surface area contributed by atoms with E-state index in [2.05, 4.69) is 10.3 Å². The molecule has 1 heterocycles. The van der Waals surface area contributed by atoms with Crippen LogP contribution in [0.1, 0.15) is 47.6 Å². The summed E-state index contributed by atoms with van der Waals surface area (Å²) in [5.74, 6) is -1.38. The number of hydrogen-bond donors (Lipinski definition) is 2. The standard InChI is InChI=1S/C13H18N2O4S/c1-19-7-10-14-9(8-20-10)11(16)15-13(12(17)18)5-3-2-4-6-13/h8H,2-7H2,1H3,(H,15,16)(H,17,18). The highest BCUT2D eigenvalue weighted by molar-refractivity contribution is 7.09. The quantitative estimate of drug-likeness (QED) is 0.865. The number of carbonyl (C=O) groups excluding carboxylic acids is 1. The first kappa shape index (κ1) is 14.9. The summed E-state index contributed by atoms with van der Waals surface area (Å²) in [5.41, 5.74) is -0.881. The maximum atomic E-state index is 12.2. The van der Waals surface area contributed by atoms with Crippen molar-refractivity contribution in [2.24, 2.45) is 0 Å². The van der Waals surface area contributed by atoms with E-state index in [9.17, 15) is 14.7 Å². The monoisotopic (exact) mass is 298 g/mol. The zero-order valence-corrected chi connectivity index (χ0v) is 12.2. The molecule has 110 valence electrons. The molecule has 2 N–H and O–H groups in total. The molecule has 0 aliphatic heterocycles. The molecule has 0 unspecified atom stereocenters. The predicted octanol–water partition coefficient (Wildman–Crippen LogP) is 1.81. The Morgan fingerprint density at radius 3 is 2.75 bits per heavy atom. The second-order valence-corrected chi connectivity index (χ2v) is 5.90. The van der Waals surface area contributed by atoms with Gasteiger partial charge in [0, 0.05) is 12.5 Å². The van der Waals surface area contributed by atoms with E-state index in [0.29, 0.717) is 24.5 Å². The van der Waals surface area contributed by atoms with Gasteiger partial charge in [-0.15, -0.1) is 11.3 Å². The molecule has 0 atom stereocenters. The summed E-state index contributed by atoms with van der Waals surface area (Å²) in [6.07, 6.45) is 3.60. The number of nitrogens with zero attached hydrogens (tertiary/aromatic N) is 1. The van der Waals surface area contributed by atoms with Gasteiger partial charge in [0.05, 0.1) is 6.61 Å². The smallest absolute Gasteiger partial charge is 0.329 e.